The SMILES string of the molecule is C.CCCCCCOCc1ccc(CN)o1.CCCCCCOCc1ccc(C[N+](C)(C)C)o1.[2HH].[I-]. The van der Waals surface area contributed by atoms with Gasteiger partial charge in [-0.25, -0.2) is 0 Å². The van der Waals surface area contributed by atoms with Crippen LogP contribution >= 0.6 is 0 Å². The molecule has 208 valence electrons. The minimum atomic E-state index is 0. The Morgan fingerprint density at radius 2 is 1.14 bits per heavy atom. The first-order valence-corrected chi connectivity index (χ1v) is 12.7. The van der Waals surface area contributed by atoms with Gasteiger partial charge < -0.3 is 52.5 Å². The van der Waals surface area contributed by atoms with E-state index in [9.17, 15) is 0 Å². The molecule has 2 heterocycles. The van der Waals surface area contributed by atoms with Crippen LogP contribution in [-0.4, -0.2) is 38.8 Å². The van der Waals surface area contributed by atoms with Gasteiger partial charge in [-0.3, -0.25) is 0 Å². The maximum Gasteiger partial charge on any atom is 0.158 e. The minimum Gasteiger partial charge on any atom is -1.00 e. The fraction of sp³-hybridized carbons (Fsp3) is 0.714. The lowest BCUT2D eigenvalue weighted by molar-refractivity contribution is -0.884. The highest BCUT2D eigenvalue weighted by atomic mass is 127. The van der Waals surface area contributed by atoms with Crippen LogP contribution < -0.4 is 29.7 Å². The molecule has 35 heavy (non-hydrogen) atoms. The first-order valence-electron chi connectivity index (χ1n) is 12.7. The maximum atomic E-state index is 5.75. The number of furan rings is 2. The molecule has 0 radical (unpaired) electrons. The monoisotopic (exact) mass is 611 g/mol. The van der Waals surface area contributed by atoms with Gasteiger partial charge in [0.25, 0.3) is 0 Å². The molecule has 0 fully saturated rings. The van der Waals surface area contributed by atoms with Crippen molar-refractivity contribution in [3.8, 4) is 0 Å². The van der Waals surface area contributed by atoms with E-state index in [0.717, 1.165) is 60.1 Å². The maximum absolute atomic E-state index is 5.75. The Labute approximate surface area is 234 Å². The van der Waals surface area contributed by atoms with Gasteiger partial charge in [0.15, 0.2) is 5.76 Å². The standard InChI is InChI=1S/C15H28NO2.C12H21NO2.CH4.HI.H2/c1-5-6-7-8-11-17-13-15-10-9-14(18-15)12-16(2,3)4;1-2-3-4-5-8-14-10-12-7-6-11(9-13)15-12;;;/h9-10H,5-8,11-13H2,1-4H3;6-7H,2-5,8-10,13H2,1H3;1H4;2*1H/q+1;;;;/p-1/i;;;;1+1. The van der Waals surface area contributed by atoms with Crippen molar-refractivity contribution in [2.75, 3.05) is 34.4 Å². The zero-order valence-corrected chi connectivity index (χ0v) is 24.4. The molecule has 0 spiro atoms. The van der Waals surface area contributed by atoms with E-state index in [2.05, 4.69) is 41.1 Å². The molecule has 2 aromatic heterocycles. The van der Waals surface area contributed by atoms with E-state index in [0.29, 0.717) is 19.8 Å². The van der Waals surface area contributed by atoms with E-state index in [1.54, 1.807) is 0 Å². The summed E-state index contributed by atoms with van der Waals surface area (Å²) in [5.74, 6) is 3.66. The second-order valence-corrected chi connectivity index (χ2v) is 9.62. The second kappa shape index (κ2) is 22.3. The van der Waals surface area contributed by atoms with Crippen LogP contribution in [0.25, 0.3) is 0 Å². The lowest BCUT2D eigenvalue weighted by Gasteiger charge is -2.22. The van der Waals surface area contributed by atoms with E-state index < -0.39 is 0 Å². The van der Waals surface area contributed by atoms with Crippen molar-refractivity contribution in [3.05, 3.63) is 47.3 Å². The highest BCUT2D eigenvalue weighted by molar-refractivity contribution is 5.06. The number of unbranched alkanes of at least 4 members (excludes halogenated alkanes) is 6. The third kappa shape index (κ3) is 19.9. The number of hydrogen-bond acceptors (Lipinski definition) is 5. The molecular formula is C28H55IN2O4. The summed E-state index contributed by atoms with van der Waals surface area (Å²) in [6.45, 7) is 8.61. The predicted molar refractivity (Wildman–Crippen MR) is 143 cm³/mol. The molecule has 0 atom stereocenters. The van der Waals surface area contributed by atoms with Gasteiger partial charge in [0.05, 0.1) is 27.7 Å². The van der Waals surface area contributed by atoms with Gasteiger partial charge in [-0.1, -0.05) is 59.8 Å². The van der Waals surface area contributed by atoms with Gasteiger partial charge in [-0.2, -0.15) is 0 Å². The van der Waals surface area contributed by atoms with E-state index in [-0.39, 0.29) is 32.8 Å². The van der Waals surface area contributed by atoms with Crippen molar-refractivity contribution >= 4 is 0 Å². The summed E-state index contributed by atoms with van der Waals surface area (Å²) in [6.07, 6.45) is 9.94. The van der Waals surface area contributed by atoms with Crippen molar-refractivity contribution in [2.45, 2.75) is 98.9 Å². The number of quaternary nitrogens is 1. The summed E-state index contributed by atoms with van der Waals surface area (Å²) >= 11 is 0. The molecule has 0 aliphatic heterocycles. The number of nitrogens with zero attached hydrogens (tertiary/aromatic N) is 1. The largest absolute Gasteiger partial charge is 1.00 e. The quantitative estimate of drug-likeness (QED) is 0.164. The molecule has 2 N–H and O–H groups in total. The van der Waals surface area contributed by atoms with E-state index in [4.69, 9.17) is 24.0 Å². The van der Waals surface area contributed by atoms with Gasteiger partial charge >= 0.3 is 0 Å². The average Bonchev–Trinajstić information content (AvgIpc) is 3.41. The van der Waals surface area contributed by atoms with Crippen LogP contribution in [-0.2, 0) is 35.8 Å². The predicted octanol–water partition coefficient (Wildman–Crippen LogP) is 4.30. The average molecular weight is 612 g/mol. The molecule has 2 rings (SSSR count). The van der Waals surface area contributed by atoms with E-state index in [1.165, 1.54) is 38.5 Å². The fourth-order valence-corrected chi connectivity index (χ4v) is 3.27. The van der Waals surface area contributed by atoms with Crippen LogP contribution in [0.3, 0.4) is 0 Å². The molecule has 0 aliphatic rings. The Bertz CT molecular complexity index is 716. The first-order chi connectivity index (χ1) is 15.9. The summed E-state index contributed by atoms with van der Waals surface area (Å²) in [5, 5.41) is 0. The van der Waals surface area contributed by atoms with Crippen molar-refractivity contribution in [1.82, 2.24) is 0 Å². The van der Waals surface area contributed by atoms with Gasteiger partial charge in [0, 0.05) is 14.6 Å². The number of halogens is 1. The lowest BCUT2D eigenvalue weighted by atomic mass is 10.2. The second-order valence-electron chi connectivity index (χ2n) is 9.62. The summed E-state index contributed by atoms with van der Waals surface area (Å²) in [6, 6.07) is 7.90. The van der Waals surface area contributed by atoms with Crippen molar-refractivity contribution in [2.24, 2.45) is 5.73 Å². The highest BCUT2D eigenvalue weighted by Gasteiger charge is 2.12. The Kier molecular flexibility index (Phi) is 23.2. The molecule has 6 nitrogen and oxygen atoms in total. The van der Waals surface area contributed by atoms with Crippen molar-refractivity contribution in [3.63, 3.8) is 0 Å². The van der Waals surface area contributed by atoms with Gasteiger partial charge in [-0.05, 0) is 37.1 Å². The van der Waals surface area contributed by atoms with E-state index in [1.807, 2.05) is 18.2 Å². The van der Waals surface area contributed by atoms with Crippen molar-refractivity contribution < 1.29 is 48.2 Å². The number of hydrogen-bond donors (Lipinski definition) is 1. The molecule has 0 amide bonds. The highest BCUT2D eigenvalue weighted by Crippen LogP contribution is 2.13. The summed E-state index contributed by atoms with van der Waals surface area (Å²) in [7, 11) is 6.48. The zero-order valence-electron chi connectivity index (χ0n) is 22.2. The fourth-order valence-electron chi connectivity index (χ4n) is 3.27. The Balaban J connectivity index is -0.000000566. The van der Waals surface area contributed by atoms with Crippen LogP contribution in [0.5, 0.6) is 0 Å². The number of nitrogens with two attached hydrogens (primary N) is 1. The topological polar surface area (TPSA) is 70.8 Å². The first kappa shape index (κ1) is 36.3. The normalized spacial score (nSPS) is 10.8. The van der Waals surface area contributed by atoms with E-state index >= 15 is 0 Å². The van der Waals surface area contributed by atoms with Crippen LogP contribution in [0.4, 0.5) is 0 Å². The lowest BCUT2D eigenvalue weighted by Crippen LogP contribution is -3.00. The molecule has 0 bridgehead atoms. The van der Waals surface area contributed by atoms with Gasteiger partial charge in [0.1, 0.15) is 37.0 Å². The smallest absolute Gasteiger partial charge is 0.158 e. The number of ether oxygens (including phenoxy) is 2. The molecule has 0 unspecified atom stereocenters. The molecule has 0 aliphatic carbocycles. The Hall–Kier alpha value is -0.870. The molecule has 0 aromatic carbocycles. The van der Waals surface area contributed by atoms with Crippen LogP contribution in [0.15, 0.2) is 33.1 Å². The summed E-state index contributed by atoms with van der Waals surface area (Å²) in [4.78, 5) is 0. The van der Waals surface area contributed by atoms with Gasteiger partial charge in [-0.15, -0.1) is 0 Å². The molecular weight excluding hydrogens is 555 g/mol. The molecule has 0 saturated carbocycles. The van der Waals surface area contributed by atoms with Crippen LogP contribution in [0.1, 0.15) is 97.1 Å². The van der Waals surface area contributed by atoms with Gasteiger partial charge in [0.2, 0.25) is 0 Å². The molecule has 2 aromatic rings. The minimum absolute atomic E-state index is 0. The third-order valence-corrected chi connectivity index (χ3v) is 5.04. The number of rotatable bonds is 17. The molecule has 7 heteroatoms. The van der Waals surface area contributed by atoms with Crippen molar-refractivity contribution in [1.29, 1.82) is 0 Å². The van der Waals surface area contributed by atoms with Crippen LogP contribution in [0, 0.1) is 0 Å². The van der Waals surface area contributed by atoms with Crippen LogP contribution in [0.2, 0.25) is 0 Å². The third-order valence-electron chi connectivity index (χ3n) is 5.04. The Morgan fingerprint density at radius 3 is 1.54 bits per heavy atom. The zero-order chi connectivity index (χ0) is 24.4. The summed E-state index contributed by atoms with van der Waals surface area (Å²) in [5.41, 5.74) is 5.44. The molecule has 0 saturated heterocycles. The summed E-state index contributed by atoms with van der Waals surface area (Å²) < 4.78 is 23.1. The Morgan fingerprint density at radius 1 is 0.714 bits per heavy atom.